The zero-order chi connectivity index (χ0) is 24.8. The van der Waals surface area contributed by atoms with E-state index in [-0.39, 0.29) is 11.5 Å². The van der Waals surface area contributed by atoms with Crippen molar-refractivity contribution in [2.45, 2.75) is 33.2 Å². The van der Waals surface area contributed by atoms with Crippen molar-refractivity contribution in [1.29, 1.82) is 0 Å². The summed E-state index contributed by atoms with van der Waals surface area (Å²) in [5, 5.41) is 13.5. The van der Waals surface area contributed by atoms with Crippen LogP contribution in [0.25, 0.3) is 5.69 Å². The molecule has 2 aromatic carbocycles. The number of benzene rings is 2. The molecular weight excluding hydrogens is 436 g/mol. The van der Waals surface area contributed by atoms with Gasteiger partial charge in [-0.25, -0.2) is 4.79 Å². The molecular formula is C25H24N4O5. The van der Waals surface area contributed by atoms with Gasteiger partial charge in [-0.05, 0) is 69.2 Å². The van der Waals surface area contributed by atoms with Gasteiger partial charge < -0.3 is 9.88 Å². The highest BCUT2D eigenvalue weighted by atomic mass is 16.6. The Bertz CT molecular complexity index is 1340. The van der Waals surface area contributed by atoms with Crippen LogP contribution in [0.3, 0.4) is 0 Å². The number of hydrogen-bond donors (Lipinski definition) is 1. The van der Waals surface area contributed by atoms with Gasteiger partial charge in [0.05, 0.1) is 11.5 Å². The van der Waals surface area contributed by atoms with Gasteiger partial charge in [0.15, 0.2) is 5.78 Å². The Hall–Kier alpha value is -4.27. The Morgan fingerprint density at radius 3 is 2.35 bits per heavy atom. The lowest BCUT2D eigenvalue weighted by atomic mass is 9.92. The van der Waals surface area contributed by atoms with Crippen molar-refractivity contribution in [2.75, 3.05) is 6.54 Å². The van der Waals surface area contributed by atoms with Crippen LogP contribution in [0.4, 0.5) is 10.5 Å². The zero-order valence-electron chi connectivity index (χ0n) is 19.3. The van der Waals surface area contributed by atoms with Gasteiger partial charge in [0.1, 0.15) is 5.54 Å². The average molecular weight is 460 g/mol. The number of rotatable bonds is 6. The molecule has 1 aliphatic rings. The summed E-state index contributed by atoms with van der Waals surface area (Å²) in [6.45, 7) is 6.82. The fourth-order valence-corrected chi connectivity index (χ4v) is 4.39. The predicted molar refractivity (Wildman–Crippen MR) is 125 cm³/mol. The highest BCUT2D eigenvalue weighted by Crippen LogP contribution is 2.30. The molecule has 9 heteroatoms. The first kappa shape index (κ1) is 22.9. The van der Waals surface area contributed by atoms with E-state index in [0.717, 1.165) is 27.5 Å². The van der Waals surface area contributed by atoms with E-state index in [1.807, 2.05) is 49.6 Å². The molecule has 34 heavy (non-hydrogen) atoms. The first-order valence-corrected chi connectivity index (χ1v) is 10.7. The zero-order valence-corrected chi connectivity index (χ0v) is 19.3. The van der Waals surface area contributed by atoms with E-state index in [2.05, 4.69) is 5.32 Å². The van der Waals surface area contributed by atoms with Crippen LogP contribution in [0.2, 0.25) is 0 Å². The molecule has 2 heterocycles. The maximum atomic E-state index is 13.2. The van der Waals surface area contributed by atoms with E-state index in [0.29, 0.717) is 11.1 Å². The van der Waals surface area contributed by atoms with Crippen molar-refractivity contribution in [2.24, 2.45) is 0 Å². The van der Waals surface area contributed by atoms with Gasteiger partial charge in [0.25, 0.3) is 11.6 Å². The minimum absolute atomic E-state index is 0.125. The molecule has 174 valence electrons. The Morgan fingerprint density at radius 2 is 1.74 bits per heavy atom. The third-order valence-electron chi connectivity index (χ3n) is 6.22. The summed E-state index contributed by atoms with van der Waals surface area (Å²) >= 11 is 0. The lowest BCUT2D eigenvalue weighted by Gasteiger charge is -2.22. The van der Waals surface area contributed by atoms with E-state index in [4.69, 9.17) is 0 Å². The molecule has 0 aliphatic carbocycles. The number of ketones is 1. The van der Waals surface area contributed by atoms with Crippen molar-refractivity contribution in [3.63, 3.8) is 0 Å². The van der Waals surface area contributed by atoms with Crippen LogP contribution in [-0.4, -0.2) is 38.7 Å². The highest BCUT2D eigenvalue weighted by Gasteiger charge is 2.49. The maximum Gasteiger partial charge on any atom is 0.325 e. The van der Waals surface area contributed by atoms with E-state index in [9.17, 15) is 24.5 Å². The number of imide groups is 1. The van der Waals surface area contributed by atoms with Crippen LogP contribution in [-0.2, 0) is 10.3 Å². The molecule has 0 bridgehead atoms. The van der Waals surface area contributed by atoms with Gasteiger partial charge in [0.2, 0.25) is 0 Å². The van der Waals surface area contributed by atoms with Gasteiger partial charge >= 0.3 is 6.03 Å². The van der Waals surface area contributed by atoms with Crippen LogP contribution in [0.5, 0.6) is 0 Å². The number of aryl methyl sites for hydroxylation is 2. The molecule has 0 radical (unpaired) electrons. The summed E-state index contributed by atoms with van der Waals surface area (Å²) in [4.78, 5) is 50.3. The molecule has 3 aromatic rings. The molecule has 1 aromatic heterocycles. The first-order valence-electron chi connectivity index (χ1n) is 10.7. The van der Waals surface area contributed by atoms with Gasteiger partial charge in [-0.15, -0.1) is 0 Å². The number of urea groups is 1. The van der Waals surface area contributed by atoms with E-state index >= 15 is 0 Å². The first-order chi connectivity index (χ1) is 16.0. The van der Waals surface area contributed by atoms with Crippen LogP contribution < -0.4 is 5.32 Å². The minimum Gasteiger partial charge on any atom is -0.319 e. The number of hydrogen-bond acceptors (Lipinski definition) is 5. The monoisotopic (exact) mass is 460 g/mol. The smallest absolute Gasteiger partial charge is 0.319 e. The minimum atomic E-state index is -1.43. The van der Waals surface area contributed by atoms with Gasteiger partial charge in [-0.2, -0.15) is 0 Å². The molecule has 1 saturated heterocycles. The second-order valence-electron chi connectivity index (χ2n) is 8.63. The summed E-state index contributed by atoms with van der Waals surface area (Å²) in [6.07, 6.45) is 0. The van der Waals surface area contributed by atoms with E-state index < -0.39 is 28.9 Å². The Labute approximate surface area is 196 Å². The normalized spacial score (nSPS) is 17.7. The molecule has 1 N–H and O–H groups in total. The summed E-state index contributed by atoms with van der Waals surface area (Å²) in [7, 11) is 0. The lowest BCUT2D eigenvalue weighted by molar-refractivity contribution is -0.384. The largest absolute Gasteiger partial charge is 0.325 e. The van der Waals surface area contributed by atoms with Gasteiger partial charge in [0, 0.05) is 34.8 Å². The second kappa shape index (κ2) is 8.26. The van der Waals surface area contributed by atoms with Gasteiger partial charge in [-0.3, -0.25) is 24.6 Å². The molecule has 1 atom stereocenters. The number of carbonyl (C=O) groups is 3. The standard InChI is InChI=1S/C25H24N4O5/c1-15-6-5-7-20(12-15)28-16(2)13-21(17(28)3)22(30)14-27-23(31)25(4,26-24(27)32)18-8-10-19(11-9-18)29(33)34/h5-13H,14H2,1-4H3,(H,26,32). The molecule has 9 nitrogen and oxygen atoms in total. The SMILES string of the molecule is Cc1cccc(-n2c(C)cc(C(=O)CN3C(=O)NC(C)(c4ccc([N+](=O)[O-])cc4)C3=O)c2C)c1. The number of amides is 3. The summed E-state index contributed by atoms with van der Waals surface area (Å²) < 4.78 is 1.97. The highest BCUT2D eigenvalue weighted by molar-refractivity contribution is 6.11. The Balaban J connectivity index is 1.59. The topological polar surface area (TPSA) is 115 Å². The lowest BCUT2D eigenvalue weighted by Crippen LogP contribution is -2.41. The van der Waals surface area contributed by atoms with E-state index in [1.54, 1.807) is 6.07 Å². The number of aromatic nitrogens is 1. The predicted octanol–water partition coefficient (Wildman–Crippen LogP) is 3.96. The molecule has 0 spiro atoms. The molecule has 1 unspecified atom stereocenters. The number of non-ortho nitro benzene ring substituents is 1. The van der Waals surface area contributed by atoms with Gasteiger partial charge in [-0.1, -0.05) is 12.1 Å². The Kier molecular flexibility index (Phi) is 5.56. The van der Waals surface area contributed by atoms with Crippen molar-refractivity contribution < 1.29 is 19.3 Å². The van der Waals surface area contributed by atoms with Crippen molar-refractivity contribution in [3.8, 4) is 5.69 Å². The van der Waals surface area contributed by atoms with Crippen LogP contribution in [0.1, 0.15) is 39.8 Å². The average Bonchev–Trinajstić information content (AvgIpc) is 3.21. The van der Waals surface area contributed by atoms with Crippen molar-refractivity contribution in [1.82, 2.24) is 14.8 Å². The number of nitrogens with zero attached hydrogens (tertiary/aromatic N) is 3. The fraction of sp³-hybridized carbons (Fsp3) is 0.240. The molecule has 1 aliphatic heterocycles. The fourth-order valence-electron chi connectivity index (χ4n) is 4.39. The van der Waals surface area contributed by atoms with E-state index in [1.165, 1.54) is 31.2 Å². The number of nitro benzene ring substituents is 1. The van der Waals surface area contributed by atoms with Crippen LogP contribution >= 0.6 is 0 Å². The number of nitro groups is 1. The molecule has 3 amide bonds. The van der Waals surface area contributed by atoms with Crippen LogP contribution in [0, 0.1) is 30.9 Å². The summed E-state index contributed by atoms with van der Waals surface area (Å²) in [5.74, 6) is -0.948. The Morgan fingerprint density at radius 1 is 1.06 bits per heavy atom. The third kappa shape index (κ3) is 3.75. The summed E-state index contributed by atoms with van der Waals surface area (Å²) in [6, 6.07) is 14.4. The molecule has 1 fully saturated rings. The second-order valence-corrected chi connectivity index (χ2v) is 8.63. The quantitative estimate of drug-likeness (QED) is 0.259. The number of carbonyl (C=O) groups excluding carboxylic acids is 3. The molecule has 4 rings (SSSR count). The number of Topliss-reactive ketones (excluding diaryl/α,β-unsaturated/α-hetero) is 1. The third-order valence-corrected chi connectivity index (χ3v) is 6.22. The van der Waals surface area contributed by atoms with Crippen molar-refractivity contribution in [3.05, 3.63) is 92.8 Å². The maximum absolute atomic E-state index is 13.2. The molecule has 0 saturated carbocycles. The van der Waals surface area contributed by atoms with Crippen molar-refractivity contribution >= 4 is 23.4 Å². The van der Waals surface area contributed by atoms with Crippen LogP contribution in [0.15, 0.2) is 54.6 Å². The number of nitrogens with one attached hydrogen (secondary N) is 1. The summed E-state index contributed by atoms with van der Waals surface area (Å²) in [5.41, 5.74) is 2.87.